The summed E-state index contributed by atoms with van der Waals surface area (Å²) in [5.74, 6) is 0.342. The summed E-state index contributed by atoms with van der Waals surface area (Å²) in [7, 11) is 1.49. The molecule has 0 bridgehead atoms. The first-order valence-electron chi connectivity index (χ1n) is 7.29. The van der Waals surface area contributed by atoms with Crippen LogP contribution in [0.1, 0.15) is 22.3 Å². The third-order valence-corrected chi connectivity index (χ3v) is 3.54. The third-order valence-electron chi connectivity index (χ3n) is 3.54. The molecule has 2 aromatic rings. The Bertz CT molecular complexity index is 739. The predicted molar refractivity (Wildman–Crippen MR) is 89.1 cm³/mol. The normalized spacial score (nSPS) is 11.2. The lowest BCUT2D eigenvalue weighted by molar-refractivity contribution is -0.114. The van der Waals surface area contributed by atoms with E-state index in [-0.39, 0.29) is 12.3 Å². The first-order valence-corrected chi connectivity index (χ1v) is 7.29. The second-order valence-corrected chi connectivity index (χ2v) is 5.24. The van der Waals surface area contributed by atoms with E-state index in [1.165, 1.54) is 7.05 Å². The smallest absolute Gasteiger partial charge is 0.273 e. The van der Waals surface area contributed by atoms with Gasteiger partial charge < -0.3 is 15.3 Å². The van der Waals surface area contributed by atoms with Crippen LogP contribution in [-0.4, -0.2) is 23.9 Å². The fourth-order valence-electron chi connectivity index (χ4n) is 2.24. The molecule has 0 fully saturated rings. The largest absolute Gasteiger partial charge is 0.489 e. The number of hydrogen-bond acceptors (Lipinski definition) is 4. The van der Waals surface area contributed by atoms with Crippen LogP contribution in [0, 0.1) is 13.8 Å². The van der Waals surface area contributed by atoms with Crippen molar-refractivity contribution in [2.45, 2.75) is 20.5 Å². The highest BCUT2D eigenvalue weighted by Crippen LogP contribution is 2.21. The molecule has 0 aliphatic rings. The van der Waals surface area contributed by atoms with Gasteiger partial charge in [0.05, 0.1) is 0 Å². The van der Waals surface area contributed by atoms with Crippen molar-refractivity contribution in [1.29, 1.82) is 0 Å². The van der Waals surface area contributed by atoms with E-state index in [1.54, 1.807) is 12.1 Å². The lowest BCUT2D eigenvalue weighted by Crippen LogP contribution is -2.29. The molecule has 120 valence electrons. The van der Waals surface area contributed by atoms with Gasteiger partial charge in [-0.1, -0.05) is 41.6 Å². The van der Waals surface area contributed by atoms with Crippen molar-refractivity contribution in [2.24, 2.45) is 5.16 Å². The molecule has 2 N–H and O–H groups in total. The summed E-state index contributed by atoms with van der Waals surface area (Å²) in [4.78, 5) is 11.8. The third kappa shape index (κ3) is 3.88. The van der Waals surface area contributed by atoms with Crippen molar-refractivity contribution in [3.63, 3.8) is 0 Å². The Hall–Kier alpha value is -2.82. The van der Waals surface area contributed by atoms with Crippen molar-refractivity contribution in [1.82, 2.24) is 5.32 Å². The summed E-state index contributed by atoms with van der Waals surface area (Å²) >= 11 is 0. The maximum Gasteiger partial charge on any atom is 0.273 e. The Balaban J connectivity index is 2.27. The van der Waals surface area contributed by atoms with Crippen molar-refractivity contribution in [3.05, 3.63) is 64.7 Å². The number of rotatable bonds is 5. The summed E-state index contributed by atoms with van der Waals surface area (Å²) in [6.45, 7) is 4.25. The van der Waals surface area contributed by atoms with Gasteiger partial charge in [-0.3, -0.25) is 4.79 Å². The number of hydrogen-bond donors (Lipinski definition) is 2. The Labute approximate surface area is 135 Å². The van der Waals surface area contributed by atoms with E-state index >= 15 is 0 Å². The van der Waals surface area contributed by atoms with Gasteiger partial charge in [0.1, 0.15) is 12.4 Å². The second kappa shape index (κ2) is 7.45. The molecule has 0 radical (unpaired) electrons. The first-order chi connectivity index (χ1) is 11.1. The van der Waals surface area contributed by atoms with Crippen LogP contribution in [0.15, 0.2) is 47.6 Å². The molecular formula is C18H20N2O3. The van der Waals surface area contributed by atoms with Gasteiger partial charge in [0, 0.05) is 12.6 Å². The van der Waals surface area contributed by atoms with Crippen LogP contribution >= 0.6 is 0 Å². The highest BCUT2D eigenvalue weighted by molar-refractivity contribution is 6.45. The molecule has 0 aliphatic heterocycles. The monoisotopic (exact) mass is 312 g/mol. The SMILES string of the molecule is CNC(=O)/C(=N\O)c1ccccc1COc1cc(C)ccc1C. The molecule has 0 unspecified atom stereocenters. The van der Waals surface area contributed by atoms with Gasteiger partial charge in [0.15, 0.2) is 5.71 Å². The molecule has 2 aromatic carbocycles. The molecule has 2 rings (SSSR count). The standard InChI is InChI=1S/C18H20N2O3/c1-12-8-9-13(2)16(10-12)23-11-14-6-4-5-7-15(14)17(20-22)18(21)19-3/h4-10,22H,11H2,1-3H3,(H,19,21)/b20-17-. The Morgan fingerprint density at radius 2 is 1.96 bits per heavy atom. The van der Waals surface area contributed by atoms with Crippen LogP contribution in [-0.2, 0) is 11.4 Å². The van der Waals surface area contributed by atoms with Gasteiger partial charge in [-0.2, -0.15) is 0 Å². The van der Waals surface area contributed by atoms with Crippen LogP contribution in [0.2, 0.25) is 0 Å². The Kier molecular flexibility index (Phi) is 5.36. The second-order valence-electron chi connectivity index (χ2n) is 5.24. The zero-order valence-electron chi connectivity index (χ0n) is 13.5. The van der Waals surface area contributed by atoms with E-state index < -0.39 is 5.91 Å². The van der Waals surface area contributed by atoms with Crippen molar-refractivity contribution < 1.29 is 14.7 Å². The molecule has 0 atom stereocenters. The van der Waals surface area contributed by atoms with Crippen molar-refractivity contribution in [3.8, 4) is 5.75 Å². The van der Waals surface area contributed by atoms with E-state index in [4.69, 9.17) is 9.94 Å². The van der Waals surface area contributed by atoms with Crippen LogP contribution < -0.4 is 10.1 Å². The van der Waals surface area contributed by atoms with Gasteiger partial charge in [-0.05, 0) is 36.6 Å². The van der Waals surface area contributed by atoms with Gasteiger partial charge in [0.2, 0.25) is 0 Å². The molecule has 1 amide bonds. The quantitative estimate of drug-likeness (QED) is 0.506. The molecule has 0 heterocycles. The minimum atomic E-state index is -0.452. The molecule has 5 nitrogen and oxygen atoms in total. The molecule has 0 saturated carbocycles. The number of oxime groups is 1. The summed E-state index contributed by atoms with van der Waals surface area (Å²) in [5.41, 5.74) is 3.43. The number of nitrogens with zero attached hydrogens (tertiary/aromatic N) is 1. The minimum Gasteiger partial charge on any atom is -0.489 e. The average Bonchev–Trinajstić information content (AvgIpc) is 2.57. The van der Waals surface area contributed by atoms with Crippen LogP contribution in [0.4, 0.5) is 0 Å². The lowest BCUT2D eigenvalue weighted by atomic mass is 10.0. The highest BCUT2D eigenvalue weighted by Gasteiger charge is 2.17. The fourth-order valence-corrected chi connectivity index (χ4v) is 2.24. The zero-order valence-corrected chi connectivity index (χ0v) is 13.5. The molecule has 23 heavy (non-hydrogen) atoms. The number of ether oxygens (including phenoxy) is 1. The number of nitrogens with one attached hydrogen (secondary N) is 1. The minimum absolute atomic E-state index is 0.0346. The molecule has 0 saturated heterocycles. The van der Waals surface area contributed by atoms with Crippen LogP contribution in [0.3, 0.4) is 0 Å². The van der Waals surface area contributed by atoms with E-state index in [0.717, 1.165) is 22.4 Å². The topological polar surface area (TPSA) is 70.9 Å². The number of likely N-dealkylation sites (N-methyl/N-ethyl adjacent to an activating group) is 1. The summed E-state index contributed by atoms with van der Waals surface area (Å²) in [5, 5.41) is 14.7. The molecule has 0 aromatic heterocycles. The van der Waals surface area contributed by atoms with Crippen molar-refractivity contribution >= 4 is 11.6 Å². The fraction of sp³-hybridized carbons (Fsp3) is 0.222. The van der Waals surface area contributed by atoms with Crippen LogP contribution in [0.25, 0.3) is 0 Å². The number of carbonyl (C=O) groups excluding carboxylic acids is 1. The predicted octanol–water partition coefficient (Wildman–Crippen LogP) is 2.81. The summed E-state index contributed by atoms with van der Waals surface area (Å²) < 4.78 is 5.88. The van der Waals surface area contributed by atoms with Gasteiger partial charge in [0.25, 0.3) is 5.91 Å². The molecular weight excluding hydrogens is 292 g/mol. The maximum absolute atomic E-state index is 11.8. The number of amides is 1. The van der Waals surface area contributed by atoms with Gasteiger partial charge in [-0.15, -0.1) is 0 Å². The molecule has 0 aliphatic carbocycles. The van der Waals surface area contributed by atoms with Crippen molar-refractivity contribution in [2.75, 3.05) is 7.05 Å². The average molecular weight is 312 g/mol. The Morgan fingerprint density at radius 3 is 2.65 bits per heavy atom. The highest BCUT2D eigenvalue weighted by atomic mass is 16.5. The number of carbonyl (C=O) groups is 1. The van der Waals surface area contributed by atoms with Gasteiger partial charge in [-0.25, -0.2) is 0 Å². The van der Waals surface area contributed by atoms with E-state index in [0.29, 0.717) is 5.56 Å². The van der Waals surface area contributed by atoms with E-state index in [9.17, 15) is 4.79 Å². The Morgan fingerprint density at radius 1 is 1.22 bits per heavy atom. The number of benzene rings is 2. The van der Waals surface area contributed by atoms with E-state index in [2.05, 4.69) is 10.5 Å². The molecule has 5 heteroatoms. The summed E-state index contributed by atoms with van der Waals surface area (Å²) in [6.07, 6.45) is 0. The lowest BCUT2D eigenvalue weighted by Gasteiger charge is -2.13. The summed E-state index contributed by atoms with van der Waals surface area (Å²) in [6, 6.07) is 13.2. The molecule has 0 spiro atoms. The first kappa shape index (κ1) is 16.5. The van der Waals surface area contributed by atoms with Gasteiger partial charge >= 0.3 is 0 Å². The maximum atomic E-state index is 11.8. The van der Waals surface area contributed by atoms with E-state index in [1.807, 2.05) is 44.2 Å². The number of aryl methyl sites for hydroxylation is 2. The van der Waals surface area contributed by atoms with Crippen LogP contribution in [0.5, 0.6) is 5.75 Å². The zero-order chi connectivity index (χ0) is 16.8.